The van der Waals surface area contributed by atoms with Crippen LogP contribution < -0.4 is 10.6 Å². The van der Waals surface area contributed by atoms with E-state index in [4.69, 9.17) is 27.9 Å². The summed E-state index contributed by atoms with van der Waals surface area (Å²) in [4.78, 5) is 17.6. The Hall–Kier alpha value is -2.35. The smallest absolute Gasteiger partial charge is 0.255 e. The summed E-state index contributed by atoms with van der Waals surface area (Å²) in [5, 5.41) is 12.6. The highest BCUT2D eigenvalue weighted by molar-refractivity contribution is 6.42. The van der Waals surface area contributed by atoms with E-state index in [1.165, 1.54) is 0 Å². The normalized spacial score (nSPS) is 14.8. The van der Waals surface area contributed by atoms with Crippen molar-refractivity contribution in [3.63, 3.8) is 0 Å². The molecule has 1 fully saturated rings. The lowest BCUT2D eigenvalue weighted by molar-refractivity contribution is 0.0904. The fraction of sp³-hybridized carbons (Fsp3) is 0.381. The summed E-state index contributed by atoms with van der Waals surface area (Å²) < 4.78 is 7.28. The van der Waals surface area contributed by atoms with Crippen LogP contribution in [0.25, 0.3) is 11.0 Å². The zero-order valence-electron chi connectivity index (χ0n) is 16.6. The van der Waals surface area contributed by atoms with Gasteiger partial charge in [0.1, 0.15) is 0 Å². The van der Waals surface area contributed by atoms with E-state index in [-0.39, 0.29) is 18.5 Å². The van der Waals surface area contributed by atoms with Crippen molar-refractivity contribution in [1.29, 1.82) is 0 Å². The molecule has 2 N–H and O–H groups in total. The van der Waals surface area contributed by atoms with Crippen molar-refractivity contribution < 1.29 is 9.53 Å². The van der Waals surface area contributed by atoms with Crippen LogP contribution in [0.2, 0.25) is 10.0 Å². The highest BCUT2D eigenvalue weighted by Crippen LogP contribution is 2.29. The van der Waals surface area contributed by atoms with E-state index < -0.39 is 0 Å². The number of aromatic nitrogens is 3. The van der Waals surface area contributed by atoms with Gasteiger partial charge in [-0.1, -0.05) is 35.3 Å². The number of nitrogens with zero attached hydrogens (tertiary/aromatic N) is 3. The van der Waals surface area contributed by atoms with E-state index in [1.807, 2.05) is 17.7 Å². The number of pyridine rings is 1. The minimum absolute atomic E-state index is 0.225. The summed E-state index contributed by atoms with van der Waals surface area (Å²) in [6.07, 6.45) is 5.13. The average molecular weight is 448 g/mol. The van der Waals surface area contributed by atoms with Gasteiger partial charge in [-0.15, -0.1) is 0 Å². The number of amides is 1. The molecule has 0 atom stereocenters. The molecule has 0 spiro atoms. The van der Waals surface area contributed by atoms with Crippen molar-refractivity contribution >= 4 is 45.8 Å². The Labute approximate surface area is 184 Å². The van der Waals surface area contributed by atoms with Crippen LogP contribution in [0.15, 0.2) is 30.6 Å². The van der Waals surface area contributed by atoms with Crippen LogP contribution in [-0.4, -0.2) is 39.9 Å². The van der Waals surface area contributed by atoms with Crippen LogP contribution >= 0.6 is 23.2 Å². The fourth-order valence-electron chi connectivity index (χ4n) is 3.59. The lowest BCUT2D eigenvalue weighted by Gasteiger charge is -2.25. The van der Waals surface area contributed by atoms with E-state index >= 15 is 0 Å². The summed E-state index contributed by atoms with van der Waals surface area (Å²) in [6, 6.07) is 5.58. The number of benzene rings is 1. The predicted molar refractivity (Wildman–Crippen MR) is 118 cm³/mol. The van der Waals surface area contributed by atoms with Gasteiger partial charge in [0, 0.05) is 38.5 Å². The number of anilines is 1. The second-order valence-electron chi connectivity index (χ2n) is 7.17. The van der Waals surface area contributed by atoms with Gasteiger partial charge < -0.3 is 15.4 Å². The zero-order chi connectivity index (χ0) is 21.1. The third-order valence-corrected chi connectivity index (χ3v) is 6.11. The van der Waals surface area contributed by atoms with Crippen molar-refractivity contribution in [3.8, 4) is 0 Å². The number of hydrogen-bond donors (Lipinski definition) is 2. The quantitative estimate of drug-likeness (QED) is 0.589. The van der Waals surface area contributed by atoms with E-state index in [0.717, 1.165) is 35.1 Å². The zero-order valence-corrected chi connectivity index (χ0v) is 18.1. The van der Waals surface area contributed by atoms with E-state index in [1.54, 1.807) is 24.5 Å². The third kappa shape index (κ3) is 4.24. The first-order chi connectivity index (χ1) is 14.6. The number of fused-ring (bicyclic) bond motifs is 1. The molecular formula is C21H23Cl2N5O2. The van der Waals surface area contributed by atoms with Crippen molar-refractivity contribution in [2.45, 2.75) is 38.9 Å². The third-order valence-electron chi connectivity index (χ3n) is 5.25. The van der Waals surface area contributed by atoms with Gasteiger partial charge in [0.15, 0.2) is 5.65 Å². The number of hydrogen-bond acceptors (Lipinski definition) is 5. The summed E-state index contributed by atoms with van der Waals surface area (Å²) in [6.45, 7) is 4.38. The summed E-state index contributed by atoms with van der Waals surface area (Å²) in [5.41, 5.74) is 2.73. The van der Waals surface area contributed by atoms with Gasteiger partial charge in [-0.2, -0.15) is 5.10 Å². The van der Waals surface area contributed by atoms with E-state index in [0.29, 0.717) is 35.4 Å². The molecule has 1 aliphatic heterocycles. The second-order valence-corrected chi connectivity index (χ2v) is 7.96. The van der Waals surface area contributed by atoms with Crippen LogP contribution in [0.3, 0.4) is 0 Å². The van der Waals surface area contributed by atoms with Crippen LogP contribution in [0.1, 0.15) is 35.7 Å². The molecule has 4 rings (SSSR count). The SMILES string of the molecule is CCn1ncc2c(NC3CCOCC3)c(C(=O)NCc3cccc(Cl)c3Cl)cnc21. The molecule has 158 valence electrons. The molecule has 3 heterocycles. The monoisotopic (exact) mass is 447 g/mol. The molecule has 9 heteroatoms. The molecule has 0 unspecified atom stereocenters. The average Bonchev–Trinajstić information content (AvgIpc) is 3.19. The number of carbonyl (C=O) groups excluding carboxylic acids is 1. The number of carbonyl (C=O) groups is 1. The summed E-state index contributed by atoms with van der Waals surface area (Å²) >= 11 is 12.3. The molecule has 1 aliphatic rings. The van der Waals surface area contributed by atoms with Gasteiger partial charge in [-0.05, 0) is 31.4 Å². The van der Waals surface area contributed by atoms with Gasteiger partial charge in [0.25, 0.3) is 5.91 Å². The van der Waals surface area contributed by atoms with Gasteiger partial charge in [0.05, 0.1) is 32.9 Å². The first kappa shape index (κ1) is 20.9. The maximum Gasteiger partial charge on any atom is 0.255 e. The van der Waals surface area contributed by atoms with Gasteiger partial charge in [-0.3, -0.25) is 4.79 Å². The van der Waals surface area contributed by atoms with Crippen LogP contribution in [0, 0.1) is 0 Å². The van der Waals surface area contributed by atoms with Crippen LogP contribution in [-0.2, 0) is 17.8 Å². The minimum atomic E-state index is -0.237. The fourth-order valence-corrected chi connectivity index (χ4v) is 3.97. The number of ether oxygens (including phenoxy) is 1. The van der Waals surface area contributed by atoms with E-state index in [2.05, 4.69) is 20.7 Å². The largest absolute Gasteiger partial charge is 0.381 e. The molecule has 1 aromatic carbocycles. The molecule has 0 bridgehead atoms. The number of aryl methyl sites for hydroxylation is 1. The summed E-state index contributed by atoms with van der Waals surface area (Å²) in [5.74, 6) is -0.237. The van der Waals surface area contributed by atoms with Crippen molar-refractivity contribution in [2.24, 2.45) is 0 Å². The molecule has 0 aliphatic carbocycles. The van der Waals surface area contributed by atoms with Gasteiger partial charge >= 0.3 is 0 Å². The van der Waals surface area contributed by atoms with Gasteiger partial charge in [-0.25, -0.2) is 9.67 Å². The Morgan fingerprint density at radius 3 is 2.83 bits per heavy atom. The van der Waals surface area contributed by atoms with Crippen molar-refractivity contribution in [3.05, 3.63) is 51.8 Å². The standard InChI is InChI=1S/C21H23Cl2N5O2/c1-2-28-20-15(12-26-28)19(27-14-6-8-30-9-7-14)16(11-24-20)21(29)25-10-13-4-3-5-17(22)18(13)23/h3-5,11-12,14H,2,6-10H2,1H3,(H,24,27)(H,25,29). The van der Waals surface area contributed by atoms with Crippen molar-refractivity contribution in [1.82, 2.24) is 20.1 Å². The first-order valence-corrected chi connectivity index (χ1v) is 10.7. The number of rotatable bonds is 6. The Morgan fingerprint density at radius 1 is 1.27 bits per heavy atom. The Morgan fingerprint density at radius 2 is 2.07 bits per heavy atom. The highest BCUT2D eigenvalue weighted by atomic mass is 35.5. The number of halogens is 2. The Kier molecular flexibility index (Phi) is 6.41. The lowest BCUT2D eigenvalue weighted by atomic mass is 10.1. The minimum Gasteiger partial charge on any atom is -0.381 e. The predicted octanol–water partition coefficient (Wildman–Crippen LogP) is 4.28. The van der Waals surface area contributed by atoms with Gasteiger partial charge in [0.2, 0.25) is 0 Å². The Balaban J connectivity index is 1.63. The molecule has 30 heavy (non-hydrogen) atoms. The molecular weight excluding hydrogens is 425 g/mol. The van der Waals surface area contributed by atoms with Crippen LogP contribution in [0.5, 0.6) is 0 Å². The molecule has 3 aromatic rings. The molecule has 0 saturated carbocycles. The first-order valence-electron chi connectivity index (χ1n) is 9.98. The molecule has 1 saturated heterocycles. The van der Waals surface area contributed by atoms with Crippen molar-refractivity contribution in [2.75, 3.05) is 18.5 Å². The topological polar surface area (TPSA) is 81.1 Å². The Bertz CT molecular complexity index is 1060. The molecule has 2 aromatic heterocycles. The van der Waals surface area contributed by atoms with E-state index in [9.17, 15) is 4.79 Å². The maximum absolute atomic E-state index is 13.1. The molecule has 0 radical (unpaired) electrons. The second kappa shape index (κ2) is 9.20. The summed E-state index contributed by atoms with van der Waals surface area (Å²) in [7, 11) is 0. The highest BCUT2D eigenvalue weighted by Gasteiger charge is 2.22. The maximum atomic E-state index is 13.1. The lowest BCUT2D eigenvalue weighted by Crippen LogP contribution is -2.30. The number of nitrogens with one attached hydrogen (secondary N) is 2. The molecule has 7 nitrogen and oxygen atoms in total. The molecule has 1 amide bonds. The van der Waals surface area contributed by atoms with Crippen LogP contribution in [0.4, 0.5) is 5.69 Å².